The highest BCUT2D eigenvalue weighted by Crippen LogP contribution is 2.32. The number of nitrogens with two attached hydrogens (primary N) is 1. The molecule has 0 bridgehead atoms. The van der Waals surface area contributed by atoms with Gasteiger partial charge in [-0.3, -0.25) is 15.2 Å². The van der Waals surface area contributed by atoms with Crippen molar-refractivity contribution in [3.8, 4) is 5.75 Å². The van der Waals surface area contributed by atoms with Crippen LogP contribution in [-0.2, 0) is 11.2 Å². The average molecular weight is 488 g/mol. The van der Waals surface area contributed by atoms with Gasteiger partial charge in [0.05, 0.1) is 37.2 Å². The van der Waals surface area contributed by atoms with E-state index in [0.717, 1.165) is 5.70 Å². The number of nitrogens with one attached hydrogen (secondary N) is 1. The Balaban J connectivity index is 1.75. The molecule has 2 aromatic rings. The van der Waals surface area contributed by atoms with Crippen molar-refractivity contribution in [3.05, 3.63) is 81.9 Å². The minimum atomic E-state index is -1.09. The van der Waals surface area contributed by atoms with E-state index < -0.39 is 17.9 Å². The molecule has 0 fully saturated rings. The highest BCUT2D eigenvalue weighted by Gasteiger charge is 2.47. The van der Waals surface area contributed by atoms with Crippen LogP contribution in [-0.4, -0.2) is 41.0 Å². The molecule has 11 heteroatoms. The van der Waals surface area contributed by atoms with Gasteiger partial charge in [0.1, 0.15) is 5.75 Å². The number of carboxylic acids is 1. The summed E-state index contributed by atoms with van der Waals surface area (Å²) in [5, 5.41) is 11.8. The van der Waals surface area contributed by atoms with E-state index in [9.17, 15) is 14.7 Å². The predicted molar refractivity (Wildman–Crippen MR) is 125 cm³/mol. The molecule has 1 amide bonds. The van der Waals surface area contributed by atoms with Gasteiger partial charge >= 0.3 is 5.97 Å². The third kappa shape index (κ3) is 4.38. The van der Waals surface area contributed by atoms with E-state index >= 15 is 0 Å². The summed E-state index contributed by atoms with van der Waals surface area (Å²) in [7, 11) is 1.42. The lowest BCUT2D eigenvalue weighted by molar-refractivity contribution is -0.120. The van der Waals surface area contributed by atoms with E-state index in [1.165, 1.54) is 24.3 Å². The number of anilines is 1. The van der Waals surface area contributed by atoms with Gasteiger partial charge in [0.25, 0.3) is 11.7 Å². The molecule has 0 spiro atoms. The number of primary amides is 1. The molecule has 0 saturated carbocycles. The number of carbonyl (C=O) groups excluding carboxylic acids is 1. The Hall–Kier alpha value is -3.53. The fraction of sp³-hybridized carbons (Fsp3) is 0.136. The molecule has 2 aliphatic heterocycles. The summed E-state index contributed by atoms with van der Waals surface area (Å²) < 4.78 is 5.34. The summed E-state index contributed by atoms with van der Waals surface area (Å²) in [5.41, 5.74) is 10.7. The number of fused-ring (bicyclic) bond motifs is 1. The Morgan fingerprint density at radius 2 is 2.00 bits per heavy atom. The summed E-state index contributed by atoms with van der Waals surface area (Å²) >= 11 is 12.7. The van der Waals surface area contributed by atoms with E-state index in [1.54, 1.807) is 47.8 Å². The van der Waals surface area contributed by atoms with Gasteiger partial charge in [-0.05, 0) is 35.9 Å². The number of allylic oxidation sites excluding steroid dienone is 1. The maximum Gasteiger partial charge on any atom is 0.335 e. The van der Waals surface area contributed by atoms with E-state index in [4.69, 9.17) is 33.7 Å². The van der Waals surface area contributed by atoms with E-state index in [0.29, 0.717) is 33.6 Å². The van der Waals surface area contributed by atoms with Crippen LogP contribution >= 0.6 is 23.2 Å². The van der Waals surface area contributed by atoms with Crippen LogP contribution in [0.4, 0.5) is 5.69 Å². The summed E-state index contributed by atoms with van der Waals surface area (Å²) in [6.07, 6.45) is 5.34. The quantitative estimate of drug-likeness (QED) is 0.514. The second-order valence-electron chi connectivity index (χ2n) is 7.20. The molecule has 0 saturated heterocycles. The maximum absolute atomic E-state index is 12.4. The number of ether oxygens (including phenoxy) is 1. The number of amides is 1. The van der Waals surface area contributed by atoms with Gasteiger partial charge in [0.15, 0.2) is 11.9 Å². The Morgan fingerprint density at radius 3 is 2.64 bits per heavy atom. The average Bonchev–Trinajstić information content (AvgIpc) is 3.25. The maximum atomic E-state index is 12.4. The predicted octanol–water partition coefficient (Wildman–Crippen LogP) is 3.30. The van der Waals surface area contributed by atoms with E-state index in [1.807, 2.05) is 0 Å². The van der Waals surface area contributed by atoms with Crippen molar-refractivity contribution in [2.24, 2.45) is 10.7 Å². The molecule has 33 heavy (non-hydrogen) atoms. The lowest BCUT2D eigenvalue weighted by Crippen LogP contribution is -2.58. The molecule has 0 aromatic heterocycles. The molecule has 2 heterocycles. The molecular formula is C22H19Cl2N5O4+. The molecule has 9 nitrogen and oxygen atoms in total. The van der Waals surface area contributed by atoms with Crippen LogP contribution in [0.1, 0.15) is 15.9 Å². The lowest BCUT2D eigenvalue weighted by Gasteiger charge is -2.32. The van der Waals surface area contributed by atoms with Crippen molar-refractivity contribution in [1.29, 1.82) is 0 Å². The highest BCUT2D eigenvalue weighted by atomic mass is 35.5. The lowest BCUT2D eigenvalue weighted by atomic mass is 10.1. The number of hydrogen-bond donors (Lipinski definition) is 3. The molecule has 1 atom stereocenters. The number of aliphatic imine (C=N–C) groups is 1. The topological polar surface area (TPSA) is 123 Å². The van der Waals surface area contributed by atoms with Crippen LogP contribution in [0.2, 0.25) is 10.0 Å². The van der Waals surface area contributed by atoms with E-state index in [2.05, 4.69) is 10.4 Å². The van der Waals surface area contributed by atoms with Crippen molar-refractivity contribution in [3.63, 3.8) is 0 Å². The van der Waals surface area contributed by atoms with Crippen LogP contribution in [0, 0.1) is 0 Å². The van der Waals surface area contributed by atoms with Gasteiger partial charge in [0, 0.05) is 10.0 Å². The number of hydrazine groups is 1. The summed E-state index contributed by atoms with van der Waals surface area (Å²) in [5.74, 6) is -1.05. The fourth-order valence-electron chi connectivity index (χ4n) is 3.61. The number of hydrogen-bond acceptors (Lipinski definition) is 7. The Labute approximate surface area is 199 Å². The third-order valence-corrected chi connectivity index (χ3v) is 5.88. The van der Waals surface area contributed by atoms with Crippen LogP contribution in [0.3, 0.4) is 0 Å². The zero-order valence-corrected chi connectivity index (χ0v) is 18.8. The van der Waals surface area contributed by atoms with Crippen molar-refractivity contribution >= 4 is 46.6 Å². The molecule has 2 aliphatic rings. The largest absolute Gasteiger partial charge is 0.494 e. The van der Waals surface area contributed by atoms with Gasteiger partial charge in [-0.15, -0.1) is 0 Å². The van der Waals surface area contributed by atoms with Crippen molar-refractivity contribution < 1.29 is 19.4 Å². The Bertz CT molecular complexity index is 1210. The van der Waals surface area contributed by atoms with Crippen LogP contribution < -0.4 is 20.8 Å². The number of halogens is 2. The number of methoxy groups -OCH3 is 1. The van der Waals surface area contributed by atoms with Crippen molar-refractivity contribution in [2.75, 3.05) is 12.5 Å². The number of rotatable bonds is 7. The smallest absolute Gasteiger partial charge is 0.335 e. The second-order valence-corrected chi connectivity index (χ2v) is 8.01. The summed E-state index contributed by atoms with van der Waals surface area (Å²) in [6.45, 7) is 0. The second kappa shape index (κ2) is 9.14. The molecule has 4 rings (SSSR count). The first kappa shape index (κ1) is 22.7. The Morgan fingerprint density at radius 1 is 1.27 bits per heavy atom. The van der Waals surface area contributed by atoms with Gasteiger partial charge in [-0.25, -0.2) is 4.79 Å². The third-order valence-electron chi connectivity index (χ3n) is 5.18. The van der Waals surface area contributed by atoms with Gasteiger partial charge in [-0.2, -0.15) is 4.99 Å². The molecule has 4 N–H and O–H groups in total. The minimum Gasteiger partial charge on any atom is -0.494 e. The molecule has 2 aromatic carbocycles. The highest BCUT2D eigenvalue weighted by molar-refractivity contribution is 6.36. The molecule has 169 valence electrons. The number of benzene rings is 2. The van der Waals surface area contributed by atoms with Crippen molar-refractivity contribution in [1.82, 2.24) is 9.91 Å². The van der Waals surface area contributed by atoms with Crippen LogP contribution in [0.25, 0.3) is 0 Å². The number of amidine groups is 1. The van der Waals surface area contributed by atoms with Gasteiger partial charge in [-0.1, -0.05) is 34.2 Å². The monoisotopic (exact) mass is 487 g/mol. The number of carbonyl (C=O) groups is 2. The fourth-order valence-corrected chi connectivity index (χ4v) is 4.14. The van der Waals surface area contributed by atoms with Crippen LogP contribution in [0.15, 0.2) is 65.7 Å². The zero-order chi connectivity index (χ0) is 23.7. The number of aromatic carboxylic acids is 1. The first-order valence-corrected chi connectivity index (χ1v) is 10.5. The van der Waals surface area contributed by atoms with Crippen molar-refractivity contribution in [2.45, 2.75) is 12.5 Å². The molecule has 0 aliphatic carbocycles. The van der Waals surface area contributed by atoms with E-state index in [-0.39, 0.29) is 11.3 Å². The van der Waals surface area contributed by atoms with Crippen LogP contribution in [0.5, 0.6) is 5.75 Å². The normalized spacial score (nSPS) is 17.3. The first-order chi connectivity index (χ1) is 15.8. The SMILES string of the molecule is COc1cc(C(=O)O)ccc1NN1C=C(Cc2c(Cl)cccc2Cl)[N+]2C=CN=C2C1C(N)=O. The zero-order valence-electron chi connectivity index (χ0n) is 17.3. The molecule has 1 unspecified atom stereocenters. The van der Waals surface area contributed by atoms with Gasteiger partial charge in [0.2, 0.25) is 6.04 Å². The summed E-state index contributed by atoms with van der Waals surface area (Å²) in [6, 6.07) is 8.65. The standard InChI is InChI=1S/C22H19Cl2N5O4/c1-33-18-9-12(22(31)32)5-6-17(18)27-29-11-13(10-14-15(23)3-2-4-16(14)24)28-8-7-26-21(28)19(29)20(25)30/h2-9,11,19,27H,10H2,1H3,(H2,25,30)(H,31,32)/q+1. The number of nitrogens with zero attached hydrogens (tertiary/aromatic N) is 3. The molecular weight excluding hydrogens is 469 g/mol. The van der Waals surface area contributed by atoms with Gasteiger partial charge < -0.3 is 15.6 Å². The number of carboxylic acid groups (broad SMARTS) is 1. The Kier molecular flexibility index (Phi) is 6.28. The molecule has 1 radical (unpaired) electrons. The summed E-state index contributed by atoms with van der Waals surface area (Å²) in [4.78, 5) is 29.8. The minimum absolute atomic E-state index is 0.0580. The first-order valence-electron chi connectivity index (χ1n) is 9.73.